The Bertz CT molecular complexity index is 6400. The Kier molecular flexibility index (Phi) is 28.8. The topological polar surface area (TPSA) is 271 Å². The minimum absolute atomic E-state index is 0.0231. The normalized spacial score (nSPS) is 19.8. The smallest absolute Gasteiger partial charge is 0.246 e. The number of nitrogens with one attached hydrogen (secondary N) is 1. The number of benzene rings is 4. The van der Waals surface area contributed by atoms with E-state index in [0.717, 1.165) is 125 Å². The molecule has 12 aromatic rings. The highest BCUT2D eigenvalue weighted by Gasteiger charge is 2.37. The molecule has 0 aliphatic carbocycles. The molecule has 0 bridgehead atoms. The number of likely N-dealkylation sites (tertiary alicyclic amines) is 1. The maximum absolute atomic E-state index is 14.5. The van der Waals surface area contributed by atoms with Gasteiger partial charge in [-0.3, -0.25) is 24.1 Å². The summed E-state index contributed by atoms with van der Waals surface area (Å²) in [6, 6.07) is 20.9. The Morgan fingerprint density at radius 1 is 0.370 bits per heavy atom. The molecule has 16 heterocycles. The average Bonchev–Trinajstić information content (AvgIpc) is 1.50. The van der Waals surface area contributed by atoms with E-state index < -0.39 is 46.5 Å². The van der Waals surface area contributed by atoms with Crippen LogP contribution in [0.25, 0.3) is 46.9 Å². The monoisotopic (exact) mass is 1850 g/mol. The molecule has 0 saturated carbocycles. The number of piperazine rings is 2. The van der Waals surface area contributed by atoms with Crippen molar-refractivity contribution in [1.29, 1.82) is 0 Å². The number of rotatable bonds is 17. The molecule has 706 valence electrons. The first-order valence-corrected chi connectivity index (χ1v) is 46.1. The molecule has 8 aliphatic rings. The number of halogens is 8. The van der Waals surface area contributed by atoms with Crippen LogP contribution in [0.2, 0.25) is 0 Å². The van der Waals surface area contributed by atoms with Gasteiger partial charge in [0.2, 0.25) is 23.6 Å². The fraction of sp³-hybridized carbons (Fsp3) is 0.388. The van der Waals surface area contributed by atoms with Gasteiger partial charge in [-0.2, -0.15) is 25.0 Å². The number of nitrogens with zero attached hydrogens (tertiary/aromatic N) is 22. The summed E-state index contributed by atoms with van der Waals surface area (Å²) in [5.74, 6) is -1.14. The van der Waals surface area contributed by atoms with Crippen LogP contribution in [0.15, 0.2) is 171 Å². The van der Waals surface area contributed by atoms with Crippen molar-refractivity contribution in [2.45, 2.75) is 121 Å². The number of fused-ring (bicyclic) bond motifs is 4. The predicted octanol–water partition coefficient (Wildman–Crippen LogP) is 13.5. The van der Waals surface area contributed by atoms with E-state index in [-0.39, 0.29) is 58.5 Å². The quantitative estimate of drug-likeness (QED) is 0.0434. The van der Waals surface area contributed by atoms with E-state index in [1.807, 2.05) is 53.7 Å². The van der Waals surface area contributed by atoms with Crippen molar-refractivity contribution in [2.75, 3.05) is 144 Å². The first-order valence-electron chi connectivity index (χ1n) is 46.1. The zero-order valence-electron chi connectivity index (χ0n) is 75.3. The second kappa shape index (κ2) is 41.6. The Labute approximate surface area is 774 Å². The van der Waals surface area contributed by atoms with E-state index >= 15 is 0 Å². The third kappa shape index (κ3) is 21.7. The van der Waals surface area contributed by atoms with Crippen molar-refractivity contribution in [3.05, 3.63) is 262 Å². The number of aliphatic hydroxyl groups is 1. The van der Waals surface area contributed by atoms with Crippen LogP contribution in [0.3, 0.4) is 0 Å². The average molecular weight is 1860 g/mol. The van der Waals surface area contributed by atoms with Gasteiger partial charge in [-0.25, -0.2) is 78.3 Å². The Hall–Kier alpha value is -13.4. The molecule has 135 heavy (non-hydrogen) atoms. The first kappa shape index (κ1) is 93.4. The number of hydrogen-bond donors (Lipinski definition) is 3. The number of hydroxylamine groups is 3. The highest BCUT2D eigenvalue weighted by Crippen LogP contribution is 2.42. The standard InChI is InChI=1S/C26H30F2N6O.C24H27F2N6O2.C24H26F2N6O.C24H25F2N5O2/c1-18(2)31-12-14-32(15-13-31)25(35)8-5-19-17-29-34-11-9-24(30-26(19)34)33-10-3-4-23(33)21-16-20(27)6-7-22(21)28;1-32(34)13-11-29(12-14-32)23(33)7-4-17-16-27-31-10-8-22(28-24(17)31)30-9-2-3-21(30)19-15-18(25)5-6-20(19)26;25-18-5-6-20(26)19(15-18)21-3-1-12-31(21)22-8-13-32-24(29-22)17(16-28-32)4-7-23(33)30-11-2-9-27-10-14-30;25-17-4-5-20(26)19(14-17)21-2-1-10-30(21)22-9-13-31-24(28-22)16(15-27-31)3-6-23(33)29-11-7-18(32)8-12-29/h5-9,11,16-18,23H,3-4,10,12-15H2,1-2H3;4-8,10,15-16,21,34H,2-3,9,11-14H2,1H3;4-8,13,15-16,21,27H,1-3,9-12,14H2;3-6,9,13-15,18,21,32H,1-2,7-8,10-12H2/q;+1;;/b8-5+;2*7-4+;6-3+/t23-;3*21-/m1111/s1. The molecule has 8 fully saturated rings. The van der Waals surface area contributed by atoms with E-state index in [2.05, 4.69) is 44.5 Å². The highest BCUT2D eigenvalue weighted by atomic mass is 19.2. The zero-order chi connectivity index (χ0) is 94.1. The van der Waals surface area contributed by atoms with Crippen LogP contribution in [0.4, 0.5) is 58.4 Å². The number of carbonyl (C=O) groups is 4. The van der Waals surface area contributed by atoms with Gasteiger partial charge in [-0.15, -0.1) is 0 Å². The molecule has 0 spiro atoms. The molecule has 29 nitrogen and oxygen atoms in total. The fourth-order valence-corrected chi connectivity index (χ4v) is 18.9. The van der Waals surface area contributed by atoms with Crippen molar-refractivity contribution in [2.24, 2.45) is 0 Å². The van der Waals surface area contributed by atoms with Crippen LogP contribution >= 0.6 is 0 Å². The van der Waals surface area contributed by atoms with Gasteiger partial charge in [-0.05, 0) is 212 Å². The summed E-state index contributed by atoms with van der Waals surface area (Å²) in [5.41, 5.74) is 6.57. The van der Waals surface area contributed by atoms with E-state index in [0.29, 0.717) is 196 Å². The van der Waals surface area contributed by atoms with Crippen molar-refractivity contribution < 1.29 is 69.3 Å². The number of hydrogen-bond acceptors (Lipinski definition) is 20. The number of likely N-dealkylation sites (N-methyl/N-ethyl adjacent to an activating group) is 1. The van der Waals surface area contributed by atoms with Gasteiger partial charge in [0.15, 0.2) is 22.6 Å². The molecule has 4 amide bonds. The largest absolute Gasteiger partial charge is 0.393 e. The van der Waals surface area contributed by atoms with Gasteiger partial charge >= 0.3 is 0 Å². The van der Waals surface area contributed by atoms with Crippen LogP contribution in [0.1, 0.15) is 153 Å². The van der Waals surface area contributed by atoms with Crippen LogP contribution < -0.4 is 24.9 Å². The molecule has 8 aromatic heterocycles. The Morgan fingerprint density at radius 2 is 0.667 bits per heavy atom. The van der Waals surface area contributed by atoms with Crippen LogP contribution in [-0.2, 0) is 19.2 Å². The number of aliphatic hydroxyl groups excluding tert-OH is 1. The lowest BCUT2D eigenvalue weighted by Gasteiger charge is -2.36. The molecule has 4 aromatic carbocycles. The van der Waals surface area contributed by atoms with Gasteiger partial charge in [0.25, 0.3) is 0 Å². The van der Waals surface area contributed by atoms with Crippen molar-refractivity contribution in [1.82, 2.24) is 88.2 Å². The summed E-state index contributed by atoms with van der Waals surface area (Å²) >= 11 is 0. The van der Waals surface area contributed by atoms with E-state index in [1.54, 1.807) is 121 Å². The minimum atomic E-state index is -0.462. The minimum Gasteiger partial charge on any atom is -0.393 e. The van der Waals surface area contributed by atoms with Gasteiger partial charge in [-0.1, -0.05) is 0 Å². The highest BCUT2D eigenvalue weighted by molar-refractivity contribution is 5.95. The summed E-state index contributed by atoms with van der Waals surface area (Å²) in [7, 11) is 1.73. The molecule has 3 N–H and O–H groups in total. The number of piperidine rings is 1. The van der Waals surface area contributed by atoms with E-state index in [1.165, 1.54) is 48.6 Å². The first-order chi connectivity index (χ1) is 65.3. The lowest BCUT2D eigenvalue weighted by Crippen LogP contribution is -2.56. The van der Waals surface area contributed by atoms with E-state index in [9.17, 15) is 64.6 Å². The van der Waals surface area contributed by atoms with Gasteiger partial charge < -0.3 is 49.6 Å². The molecule has 4 atom stereocenters. The maximum Gasteiger partial charge on any atom is 0.246 e. The molecule has 37 heteroatoms. The fourth-order valence-electron chi connectivity index (χ4n) is 18.9. The third-order valence-electron chi connectivity index (χ3n) is 26.4. The zero-order valence-corrected chi connectivity index (χ0v) is 75.3. The molecular formula is C98H108F8N23O6+. The summed E-state index contributed by atoms with van der Waals surface area (Å²) in [6.45, 7) is 16.4. The van der Waals surface area contributed by atoms with Crippen molar-refractivity contribution >= 4 is 93.8 Å². The van der Waals surface area contributed by atoms with Crippen LogP contribution in [0, 0.1) is 46.5 Å². The second-order valence-corrected chi connectivity index (χ2v) is 35.6. The van der Waals surface area contributed by atoms with Gasteiger partial charge in [0.1, 0.15) is 82.9 Å². The number of carbonyl (C=O) groups excluding carboxylic acids is 4. The summed E-state index contributed by atoms with van der Waals surface area (Å²) in [4.78, 5) is 87.0. The summed E-state index contributed by atoms with van der Waals surface area (Å²) in [5, 5.41) is 40.2. The van der Waals surface area contributed by atoms with Crippen molar-refractivity contribution in [3.8, 4) is 0 Å². The summed E-state index contributed by atoms with van der Waals surface area (Å²) < 4.78 is 120. The summed E-state index contributed by atoms with van der Waals surface area (Å²) in [6.07, 6.45) is 34.9. The Balaban J connectivity index is 0.000000125. The number of anilines is 4. The van der Waals surface area contributed by atoms with Crippen LogP contribution in [0.5, 0.6) is 0 Å². The molecule has 0 unspecified atom stereocenters. The van der Waals surface area contributed by atoms with Gasteiger partial charge in [0.05, 0.1) is 75.2 Å². The molecule has 8 saturated heterocycles. The SMILES string of the molecule is CC(C)N1CCN(C(=O)/C=C/c2cnn3ccc(N4CCC[C@@H]4c4cc(F)ccc4F)nc23)CC1.C[N+]1(O)CCN(C(=O)/C=C/c2cnn3ccc(N4CCC[C@@H]4c4cc(F)ccc4F)nc23)CC1.O=C(/C=C/c1cnn2ccc(N3CCC[C@@H]3c3cc(F)ccc3F)nc12)N1CCC(O)CC1.O=C(/C=C/c1cnn2ccc(N3CCC[C@@H]3c3cc(F)ccc3F)nc12)N1CCCNCC1. The molecular weight excluding hydrogens is 1750 g/mol. The maximum atomic E-state index is 14.5. The lowest BCUT2D eigenvalue weighted by atomic mass is 10.0. The number of quaternary nitrogens is 1. The molecule has 0 radical (unpaired) electrons. The third-order valence-corrected chi connectivity index (χ3v) is 26.4. The van der Waals surface area contributed by atoms with Crippen LogP contribution in [-0.4, -0.2) is 258 Å². The lowest BCUT2D eigenvalue weighted by molar-refractivity contribution is -1.09. The second-order valence-electron chi connectivity index (χ2n) is 35.6. The molecule has 20 rings (SSSR count). The number of aromatic nitrogens is 12. The van der Waals surface area contributed by atoms with Crippen molar-refractivity contribution in [3.63, 3.8) is 0 Å². The number of amides is 4. The van der Waals surface area contributed by atoms with Gasteiger partial charge in [0, 0.05) is 185 Å². The predicted molar refractivity (Wildman–Crippen MR) is 494 cm³/mol. The van der Waals surface area contributed by atoms with E-state index in [4.69, 9.17) is 19.9 Å². The Morgan fingerprint density at radius 3 is 0.978 bits per heavy atom. The molecule has 8 aliphatic heterocycles.